The average Bonchev–Trinajstić information content (AvgIpc) is 3.31. The van der Waals surface area contributed by atoms with E-state index in [1.165, 1.54) is 35.2 Å². The van der Waals surface area contributed by atoms with Gasteiger partial charge in [-0.25, -0.2) is 0 Å². The number of nitrogens with zero attached hydrogens (tertiary/aromatic N) is 1. The maximum atomic E-state index is 5.67. The van der Waals surface area contributed by atoms with Crippen molar-refractivity contribution in [3.05, 3.63) is 65.2 Å². The van der Waals surface area contributed by atoms with Crippen LogP contribution in [-0.2, 0) is 13.1 Å². The summed E-state index contributed by atoms with van der Waals surface area (Å²) in [5.41, 5.74) is 10.9. The summed E-state index contributed by atoms with van der Waals surface area (Å²) in [5, 5.41) is 0. The molecule has 0 unspecified atom stereocenters. The van der Waals surface area contributed by atoms with Gasteiger partial charge in [0.2, 0.25) is 0 Å². The zero-order chi connectivity index (χ0) is 13.9. The van der Waals surface area contributed by atoms with Crippen molar-refractivity contribution in [1.82, 2.24) is 0 Å². The van der Waals surface area contributed by atoms with Gasteiger partial charge in [0.15, 0.2) is 0 Å². The Hall–Kier alpha value is -1.80. The smallest absolute Gasteiger partial charge is 0.0432 e. The fourth-order valence-corrected chi connectivity index (χ4v) is 2.53. The summed E-state index contributed by atoms with van der Waals surface area (Å²) in [5.74, 6) is 0. The van der Waals surface area contributed by atoms with Crippen LogP contribution in [0.4, 0.5) is 5.69 Å². The summed E-state index contributed by atoms with van der Waals surface area (Å²) in [6, 6.07) is 18.2. The minimum absolute atomic E-state index is 0.613. The van der Waals surface area contributed by atoms with Crippen molar-refractivity contribution in [2.24, 2.45) is 5.73 Å². The van der Waals surface area contributed by atoms with E-state index in [2.05, 4.69) is 60.4 Å². The summed E-state index contributed by atoms with van der Waals surface area (Å²) in [6.07, 6.45) is 2.62. The summed E-state index contributed by atoms with van der Waals surface area (Å²) in [4.78, 5) is 2.52. The summed E-state index contributed by atoms with van der Waals surface area (Å²) in [7, 11) is 0. The van der Waals surface area contributed by atoms with Crippen LogP contribution in [0.2, 0.25) is 0 Å². The topological polar surface area (TPSA) is 29.3 Å². The van der Waals surface area contributed by atoms with E-state index in [4.69, 9.17) is 5.73 Å². The van der Waals surface area contributed by atoms with Crippen LogP contribution in [-0.4, -0.2) is 6.04 Å². The Kier molecular flexibility index (Phi) is 3.75. The molecule has 2 N–H and O–H groups in total. The summed E-state index contributed by atoms with van der Waals surface area (Å²) < 4.78 is 0. The molecular formula is C18H22N2. The lowest BCUT2D eigenvalue weighted by Crippen LogP contribution is -2.24. The Labute approximate surface area is 121 Å². The van der Waals surface area contributed by atoms with Gasteiger partial charge in [-0.1, -0.05) is 42.0 Å². The molecule has 1 aliphatic carbocycles. The van der Waals surface area contributed by atoms with Crippen LogP contribution in [0.3, 0.4) is 0 Å². The molecule has 0 spiro atoms. The van der Waals surface area contributed by atoms with Gasteiger partial charge < -0.3 is 10.6 Å². The second-order valence-electron chi connectivity index (χ2n) is 5.72. The molecular weight excluding hydrogens is 244 g/mol. The van der Waals surface area contributed by atoms with E-state index in [1.807, 2.05) is 0 Å². The highest BCUT2D eigenvalue weighted by Crippen LogP contribution is 2.33. The van der Waals surface area contributed by atoms with Crippen LogP contribution in [0, 0.1) is 6.92 Å². The number of anilines is 1. The van der Waals surface area contributed by atoms with Gasteiger partial charge in [0.25, 0.3) is 0 Å². The first-order chi connectivity index (χ1) is 9.76. The predicted molar refractivity (Wildman–Crippen MR) is 84.7 cm³/mol. The van der Waals surface area contributed by atoms with Crippen LogP contribution in [0.1, 0.15) is 29.5 Å². The first-order valence-electron chi connectivity index (χ1n) is 7.37. The minimum Gasteiger partial charge on any atom is -0.364 e. The Morgan fingerprint density at radius 2 is 1.55 bits per heavy atom. The molecule has 1 saturated carbocycles. The zero-order valence-electron chi connectivity index (χ0n) is 12.0. The van der Waals surface area contributed by atoms with E-state index in [0.717, 1.165) is 6.54 Å². The van der Waals surface area contributed by atoms with Gasteiger partial charge in [0.1, 0.15) is 0 Å². The molecule has 0 atom stereocenters. The Bertz CT molecular complexity index is 553. The van der Waals surface area contributed by atoms with E-state index >= 15 is 0 Å². The number of benzene rings is 2. The molecule has 20 heavy (non-hydrogen) atoms. The lowest BCUT2D eigenvalue weighted by Gasteiger charge is -2.25. The van der Waals surface area contributed by atoms with Crippen molar-refractivity contribution in [2.75, 3.05) is 4.90 Å². The Morgan fingerprint density at radius 1 is 0.950 bits per heavy atom. The van der Waals surface area contributed by atoms with Crippen molar-refractivity contribution >= 4 is 5.69 Å². The fraction of sp³-hybridized carbons (Fsp3) is 0.333. The van der Waals surface area contributed by atoms with Crippen LogP contribution < -0.4 is 10.6 Å². The molecule has 0 amide bonds. The molecule has 0 saturated heterocycles. The molecule has 104 valence electrons. The van der Waals surface area contributed by atoms with Crippen LogP contribution in [0.25, 0.3) is 0 Å². The summed E-state index contributed by atoms with van der Waals surface area (Å²) >= 11 is 0. The molecule has 2 heteroatoms. The predicted octanol–water partition coefficient (Wildman–Crippen LogP) is 3.62. The third kappa shape index (κ3) is 3.02. The first-order valence-corrected chi connectivity index (χ1v) is 7.37. The van der Waals surface area contributed by atoms with Crippen molar-refractivity contribution in [1.29, 1.82) is 0 Å². The van der Waals surface area contributed by atoms with Gasteiger partial charge in [-0.3, -0.25) is 0 Å². The lowest BCUT2D eigenvalue weighted by atomic mass is 10.1. The van der Waals surface area contributed by atoms with Gasteiger partial charge in [0, 0.05) is 24.8 Å². The maximum Gasteiger partial charge on any atom is 0.0432 e. The molecule has 1 fully saturated rings. The van der Waals surface area contributed by atoms with Crippen molar-refractivity contribution in [2.45, 2.75) is 38.9 Å². The molecule has 0 aliphatic heterocycles. The van der Waals surface area contributed by atoms with Crippen LogP contribution in [0.5, 0.6) is 0 Å². The number of hydrogen-bond donors (Lipinski definition) is 1. The molecule has 2 aromatic carbocycles. The molecule has 2 nitrogen and oxygen atoms in total. The molecule has 2 aromatic rings. The van der Waals surface area contributed by atoms with E-state index in [1.54, 1.807) is 0 Å². The second-order valence-corrected chi connectivity index (χ2v) is 5.72. The number of nitrogens with two attached hydrogens (primary N) is 1. The van der Waals surface area contributed by atoms with Crippen molar-refractivity contribution < 1.29 is 0 Å². The summed E-state index contributed by atoms with van der Waals surface area (Å²) in [6.45, 7) is 3.74. The minimum atomic E-state index is 0.613. The molecule has 3 rings (SSSR count). The van der Waals surface area contributed by atoms with Gasteiger partial charge >= 0.3 is 0 Å². The van der Waals surface area contributed by atoms with Crippen molar-refractivity contribution in [3.63, 3.8) is 0 Å². The molecule has 0 heterocycles. The number of aryl methyl sites for hydroxylation is 1. The highest BCUT2D eigenvalue weighted by Gasteiger charge is 2.29. The number of rotatable bonds is 5. The fourth-order valence-electron chi connectivity index (χ4n) is 2.53. The van der Waals surface area contributed by atoms with Crippen LogP contribution in [0.15, 0.2) is 48.5 Å². The Balaban J connectivity index is 1.79. The van der Waals surface area contributed by atoms with E-state index in [-0.39, 0.29) is 0 Å². The molecule has 0 bridgehead atoms. The monoisotopic (exact) mass is 266 g/mol. The third-order valence-corrected chi connectivity index (χ3v) is 3.96. The molecule has 0 radical (unpaired) electrons. The lowest BCUT2D eigenvalue weighted by molar-refractivity contribution is 0.794. The van der Waals surface area contributed by atoms with Crippen LogP contribution >= 0.6 is 0 Å². The van der Waals surface area contributed by atoms with E-state index < -0.39 is 0 Å². The van der Waals surface area contributed by atoms with Gasteiger partial charge in [-0.05, 0) is 43.0 Å². The molecule has 1 aliphatic rings. The largest absolute Gasteiger partial charge is 0.364 e. The van der Waals surface area contributed by atoms with E-state index in [0.29, 0.717) is 12.6 Å². The normalized spacial score (nSPS) is 14.3. The van der Waals surface area contributed by atoms with Gasteiger partial charge in [-0.2, -0.15) is 0 Å². The highest BCUT2D eigenvalue weighted by molar-refractivity contribution is 5.50. The highest BCUT2D eigenvalue weighted by atomic mass is 15.2. The second kappa shape index (κ2) is 5.68. The third-order valence-electron chi connectivity index (χ3n) is 3.96. The van der Waals surface area contributed by atoms with Gasteiger partial charge in [-0.15, -0.1) is 0 Å². The number of hydrogen-bond acceptors (Lipinski definition) is 2. The average molecular weight is 266 g/mol. The Morgan fingerprint density at radius 3 is 2.10 bits per heavy atom. The molecule has 0 aromatic heterocycles. The maximum absolute atomic E-state index is 5.67. The quantitative estimate of drug-likeness (QED) is 0.895. The van der Waals surface area contributed by atoms with E-state index in [9.17, 15) is 0 Å². The van der Waals surface area contributed by atoms with Crippen molar-refractivity contribution in [3.8, 4) is 0 Å². The zero-order valence-corrected chi connectivity index (χ0v) is 12.0. The standard InChI is InChI=1S/C18H22N2/c1-14-2-4-16(5-3-14)13-20(18-10-11-18)17-8-6-15(12-19)7-9-17/h2-9,18H,10-13,19H2,1H3. The SMILES string of the molecule is Cc1ccc(CN(c2ccc(CN)cc2)C2CC2)cc1. The van der Waals surface area contributed by atoms with Gasteiger partial charge in [0.05, 0.1) is 0 Å². The first kappa shape index (κ1) is 13.2.